The number of carboxylic acids is 1. The van der Waals surface area contributed by atoms with Gasteiger partial charge in [-0.3, -0.25) is 9.59 Å². The van der Waals surface area contributed by atoms with Crippen LogP contribution in [-0.4, -0.2) is 23.5 Å². The standard InChI is InChI=1S/C17H21NO3/c1-12-6-2-3-9-14(12)10-15(17(20)21)11-18-16(19)13-7-4-5-8-13/h2-6,9,13,15H,7-8,10-11H2,1H3,(H,18,19)(H,20,21). The molecule has 1 atom stereocenters. The van der Waals surface area contributed by atoms with Crippen LogP contribution in [0.5, 0.6) is 0 Å². The Hall–Kier alpha value is -2.10. The molecule has 0 bridgehead atoms. The van der Waals surface area contributed by atoms with Gasteiger partial charge in [-0.05, 0) is 37.3 Å². The molecule has 0 aromatic heterocycles. The van der Waals surface area contributed by atoms with Crippen molar-refractivity contribution in [1.29, 1.82) is 0 Å². The third kappa shape index (κ3) is 4.18. The van der Waals surface area contributed by atoms with Crippen molar-refractivity contribution in [2.75, 3.05) is 6.54 Å². The maximum Gasteiger partial charge on any atom is 0.308 e. The van der Waals surface area contributed by atoms with E-state index in [1.54, 1.807) is 0 Å². The van der Waals surface area contributed by atoms with Crippen LogP contribution in [0.1, 0.15) is 24.0 Å². The number of rotatable bonds is 6. The fourth-order valence-electron chi connectivity index (χ4n) is 2.55. The average molecular weight is 287 g/mol. The van der Waals surface area contributed by atoms with E-state index in [0.29, 0.717) is 6.42 Å². The van der Waals surface area contributed by atoms with Crippen LogP contribution in [0.2, 0.25) is 0 Å². The monoisotopic (exact) mass is 287 g/mol. The first kappa shape index (κ1) is 15.3. The molecule has 2 N–H and O–H groups in total. The lowest BCUT2D eigenvalue weighted by atomic mass is 9.96. The first-order valence-corrected chi connectivity index (χ1v) is 7.28. The topological polar surface area (TPSA) is 66.4 Å². The molecule has 0 saturated heterocycles. The number of carbonyl (C=O) groups is 2. The van der Waals surface area contributed by atoms with Crippen molar-refractivity contribution < 1.29 is 14.7 Å². The van der Waals surface area contributed by atoms with E-state index in [4.69, 9.17) is 0 Å². The van der Waals surface area contributed by atoms with Crippen molar-refractivity contribution >= 4 is 11.9 Å². The van der Waals surface area contributed by atoms with Crippen molar-refractivity contribution in [3.8, 4) is 0 Å². The maximum atomic E-state index is 11.9. The molecule has 1 aromatic carbocycles. The summed E-state index contributed by atoms with van der Waals surface area (Å²) in [6, 6.07) is 7.75. The van der Waals surface area contributed by atoms with Gasteiger partial charge in [-0.1, -0.05) is 36.4 Å². The van der Waals surface area contributed by atoms with Gasteiger partial charge in [0.25, 0.3) is 0 Å². The molecule has 2 rings (SSSR count). The van der Waals surface area contributed by atoms with Crippen molar-refractivity contribution in [1.82, 2.24) is 5.32 Å². The van der Waals surface area contributed by atoms with Crippen molar-refractivity contribution in [2.24, 2.45) is 11.8 Å². The predicted octanol–water partition coefficient (Wildman–Crippen LogP) is 2.32. The Morgan fingerprint density at radius 1 is 1.29 bits per heavy atom. The molecule has 0 radical (unpaired) electrons. The fraction of sp³-hybridized carbons (Fsp3) is 0.412. The van der Waals surface area contributed by atoms with Crippen molar-refractivity contribution in [2.45, 2.75) is 26.2 Å². The van der Waals surface area contributed by atoms with E-state index < -0.39 is 11.9 Å². The van der Waals surface area contributed by atoms with Gasteiger partial charge in [-0.15, -0.1) is 0 Å². The van der Waals surface area contributed by atoms with Gasteiger partial charge in [-0.2, -0.15) is 0 Å². The zero-order valence-electron chi connectivity index (χ0n) is 12.2. The molecule has 1 aromatic rings. The summed E-state index contributed by atoms with van der Waals surface area (Å²) in [6.07, 6.45) is 5.92. The summed E-state index contributed by atoms with van der Waals surface area (Å²) >= 11 is 0. The normalized spacial score (nSPS) is 15.9. The Balaban J connectivity index is 1.92. The van der Waals surface area contributed by atoms with Crippen LogP contribution in [0.4, 0.5) is 0 Å². The summed E-state index contributed by atoms with van der Waals surface area (Å²) in [6.45, 7) is 2.15. The highest BCUT2D eigenvalue weighted by Crippen LogP contribution is 2.18. The molecule has 4 heteroatoms. The zero-order valence-corrected chi connectivity index (χ0v) is 12.2. The SMILES string of the molecule is Cc1ccccc1CC(CNC(=O)C1CC=CC1)C(=O)O. The van der Waals surface area contributed by atoms with Gasteiger partial charge in [0.1, 0.15) is 0 Å². The molecule has 0 saturated carbocycles. The van der Waals surface area contributed by atoms with Crippen molar-refractivity contribution in [3.63, 3.8) is 0 Å². The van der Waals surface area contributed by atoms with Crippen LogP contribution in [0, 0.1) is 18.8 Å². The number of hydrogen-bond donors (Lipinski definition) is 2. The summed E-state index contributed by atoms with van der Waals surface area (Å²) in [5.74, 6) is -1.54. The van der Waals surface area contributed by atoms with Crippen LogP contribution < -0.4 is 5.32 Å². The lowest BCUT2D eigenvalue weighted by Gasteiger charge is -2.16. The zero-order chi connectivity index (χ0) is 15.2. The second-order valence-corrected chi connectivity index (χ2v) is 5.55. The van der Waals surface area contributed by atoms with Crippen LogP contribution in [-0.2, 0) is 16.0 Å². The highest BCUT2D eigenvalue weighted by molar-refractivity contribution is 5.80. The molecule has 0 fully saturated rings. The van der Waals surface area contributed by atoms with Crippen LogP contribution >= 0.6 is 0 Å². The van der Waals surface area contributed by atoms with Gasteiger partial charge in [0.2, 0.25) is 5.91 Å². The van der Waals surface area contributed by atoms with Gasteiger partial charge in [0.05, 0.1) is 5.92 Å². The maximum absolute atomic E-state index is 11.9. The minimum Gasteiger partial charge on any atom is -0.481 e. The molecular weight excluding hydrogens is 266 g/mol. The Bertz CT molecular complexity index is 543. The number of aliphatic carboxylic acids is 1. The summed E-state index contributed by atoms with van der Waals surface area (Å²) < 4.78 is 0. The molecule has 1 aliphatic carbocycles. The Morgan fingerprint density at radius 3 is 2.57 bits per heavy atom. The molecule has 0 aliphatic heterocycles. The summed E-state index contributed by atoms with van der Waals surface area (Å²) in [5.41, 5.74) is 2.09. The number of benzene rings is 1. The number of nitrogens with one attached hydrogen (secondary N) is 1. The summed E-state index contributed by atoms with van der Waals surface area (Å²) in [4.78, 5) is 23.3. The Morgan fingerprint density at radius 2 is 1.95 bits per heavy atom. The van der Waals surface area contributed by atoms with Crippen molar-refractivity contribution in [3.05, 3.63) is 47.5 Å². The van der Waals surface area contributed by atoms with E-state index in [1.165, 1.54) is 0 Å². The fourth-order valence-corrected chi connectivity index (χ4v) is 2.55. The number of aryl methyl sites for hydroxylation is 1. The second kappa shape index (κ2) is 7.07. The minimum atomic E-state index is -0.872. The largest absolute Gasteiger partial charge is 0.481 e. The van der Waals surface area contributed by atoms with E-state index in [1.807, 2.05) is 43.3 Å². The number of carboxylic acid groups (broad SMARTS) is 1. The highest BCUT2D eigenvalue weighted by Gasteiger charge is 2.23. The summed E-state index contributed by atoms with van der Waals surface area (Å²) in [7, 11) is 0. The van der Waals surface area contributed by atoms with Crippen LogP contribution in [0.25, 0.3) is 0 Å². The average Bonchev–Trinajstić information content (AvgIpc) is 2.99. The number of allylic oxidation sites excluding steroid dienone is 2. The van der Waals surface area contributed by atoms with Gasteiger partial charge < -0.3 is 10.4 Å². The number of amides is 1. The van der Waals surface area contributed by atoms with Crippen LogP contribution in [0.15, 0.2) is 36.4 Å². The van der Waals surface area contributed by atoms with Gasteiger partial charge in [0.15, 0.2) is 0 Å². The van der Waals surface area contributed by atoms with Gasteiger partial charge in [-0.25, -0.2) is 0 Å². The van der Waals surface area contributed by atoms with E-state index in [-0.39, 0.29) is 18.4 Å². The van der Waals surface area contributed by atoms with Gasteiger partial charge in [0, 0.05) is 12.5 Å². The Labute approximate surface area is 124 Å². The second-order valence-electron chi connectivity index (χ2n) is 5.55. The van der Waals surface area contributed by atoms with Crippen LogP contribution in [0.3, 0.4) is 0 Å². The lowest BCUT2D eigenvalue weighted by molar-refractivity contribution is -0.141. The molecule has 0 spiro atoms. The molecule has 0 heterocycles. The van der Waals surface area contributed by atoms with E-state index in [0.717, 1.165) is 24.0 Å². The quantitative estimate of drug-likeness (QED) is 0.789. The van der Waals surface area contributed by atoms with E-state index >= 15 is 0 Å². The first-order chi connectivity index (χ1) is 10.1. The number of hydrogen-bond acceptors (Lipinski definition) is 2. The molecule has 21 heavy (non-hydrogen) atoms. The molecular formula is C17H21NO3. The lowest BCUT2D eigenvalue weighted by Crippen LogP contribution is -2.37. The number of carbonyl (C=O) groups excluding carboxylic acids is 1. The molecule has 112 valence electrons. The molecule has 1 aliphatic rings. The smallest absolute Gasteiger partial charge is 0.308 e. The van der Waals surface area contributed by atoms with E-state index in [2.05, 4.69) is 5.32 Å². The Kier molecular flexibility index (Phi) is 5.14. The summed E-state index contributed by atoms with van der Waals surface area (Å²) in [5, 5.41) is 12.1. The third-order valence-corrected chi connectivity index (χ3v) is 3.98. The highest BCUT2D eigenvalue weighted by atomic mass is 16.4. The predicted molar refractivity (Wildman–Crippen MR) is 80.9 cm³/mol. The molecule has 4 nitrogen and oxygen atoms in total. The van der Waals surface area contributed by atoms with Gasteiger partial charge >= 0.3 is 5.97 Å². The molecule has 1 amide bonds. The first-order valence-electron chi connectivity index (χ1n) is 7.28. The third-order valence-electron chi connectivity index (χ3n) is 3.98. The minimum absolute atomic E-state index is 0.0297. The molecule has 1 unspecified atom stereocenters. The van der Waals surface area contributed by atoms with E-state index in [9.17, 15) is 14.7 Å².